The number of nitrogens with zero attached hydrogens (tertiary/aromatic N) is 2. The van der Waals surface area contributed by atoms with Gasteiger partial charge in [-0.2, -0.15) is 0 Å². The highest BCUT2D eigenvalue weighted by Gasteiger charge is 2.17. The van der Waals surface area contributed by atoms with Crippen molar-refractivity contribution in [2.45, 2.75) is 26.7 Å². The molecule has 24 heavy (non-hydrogen) atoms. The van der Waals surface area contributed by atoms with E-state index in [1.165, 1.54) is 0 Å². The molecule has 0 fully saturated rings. The minimum atomic E-state index is -0.408. The van der Waals surface area contributed by atoms with Crippen LogP contribution in [0.4, 0.5) is 5.69 Å². The maximum atomic E-state index is 12.4. The van der Waals surface area contributed by atoms with E-state index in [-0.39, 0.29) is 5.89 Å². The summed E-state index contributed by atoms with van der Waals surface area (Å²) >= 11 is 0. The van der Waals surface area contributed by atoms with Crippen LogP contribution in [0.25, 0.3) is 11.5 Å². The molecule has 0 radical (unpaired) electrons. The number of para-hydroxylation sites is 1. The van der Waals surface area contributed by atoms with Gasteiger partial charge < -0.3 is 9.73 Å². The normalized spacial score (nSPS) is 10.8. The van der Waals surface area contributed by atoms with Gasteiger partial charge in [-0.25, -0.2) is 0 Å². The van der Waals surface area contributed by atoms with E-state index in [4.69, 9.17) is 4.42 Å². The van der Waals surface area contributed by atoms with Crippen LogP contribution in [0.1, 0.15) is 41.6 Å². The predicted octanol–water partition coefficient (Wildman–Crippen LogP) is 4.42. The number of aryl methyl sites for hydroxylation is 1. The second-order valence-corrected chi connectivity index (χ2v) is 5.97. The number of benzene rings is 2. The summed E-state index contributed by atoms with van der Waals surface area (Å²) in [5.41, 5.74) is 3.74. The molecule has 0 saturated heterocycles. The standard InChI is InChI=1S/C19H19N3O2/c1-12(2)15-6-4-5-7-16(15)20-17(23)19-22-21-18(24-19)14-10-8-13(3)9-11-14/h4-12H,1-3H3,(H,20,23). The maximum Gasteiger partial charge on any atom is 0.313 e. The summed E-state index contributed by atoms with van der Waals surface area (Å²) in [6, 6.07) is 15.4. The first-order valence-corrected chi connectivity index (χ1v) is 7.85. The van der Waals surface area contributed by atoms with Gasteiger partial charge in [-0.1, -0.05) is 49.7 Å². The molecule has 5 heteroatoms. The molecule has 1 N–H and O–H groups in total. The molecule has 0 aliphatic rings. The lowest BCUT2D eigenvalue weighted by Gasteiger charge is -2.12. The number of rotatable bonds is 4. The number of carbonyl (C=O) groups excluding carboxylic acids is 1. The van der Waals surface area contributed by atoms with E-state index < -0.39 is 5.91 Å². The van der Waals surface area contributed by atoms with E-state index in [1.807, 2.05) is 55.5 Å². The van der Waals surface area contributed by atoms with Crippen molar-refractivity contribution in [1.29, 1.82) is 0 Å². The van der Waals surface area contributed by atoms with Crippen LogP contribution in [-0.4, -0.2) is 16.1 Å². The fraction of sp³-hybridized carbons (Fsp3) is 0.211. The Labute approximate surface area is 140 Å². The fourth-order valence-electron chi connectivity index (χ4n) is 2.42. The molecule has 3 rings (SSSR count). The number of hydrogen-bond acceptors (Lipinski definition) is 4. The summed E-state index contributed by atoms with van der Waals surface area (Å²) in [4.78, 5) is 12.4. The highest BCUT2D eigenvalue weighted by atomic mass is 16.4. The zero-order valence-electron chi connectivity index (χ0n) is 13.9. The second kappa shape index (κ2) is 6.66. The number of aromatic nitrogens is 2. The smallest absolute Gasteiger partial charge is 0.313 e. The van der Waals surface area contributed by atoms with Crippen LogP contribution in [-0.2, 0) is 0 Å². The molecule has 0 saturated carbocycles. The first kappa shape index (κ1) is 15.9. The Balaban J connectivity index is 1.81. The van der Waals surface area contributed by atoms with Gasteiger partial charge in [0.25, 0.3) is 0 Å². The highest BCUT2D eigenvalue weighted by Crippen LogP contribution is 2.24. The highest BCUT2D eigenvalue weighted by molar-refractivity contribution is 6.01. The monoisotopic (exact) mass is 321 g/mol. The number of nitrogens with one attached hydrogen (secondary N) is 1. The molecule has 0 atom stereocenters. The molecular weight excluding hydrogens is 302 g/mol. The molecule has 0 aliphatic heterocycles. The van der Waals surface area contributed by atoms with Crippen molar-refractivity contribution in [2.24, 2.45) is 0 Å². The Bertz CT molecular complexity index is 851. The zero-order valence-corrected chi connectivity index (χ0v) is 13.9. The summed E-state index contributed by atoms with van der Waals surface area (Å²) in [5.74, 6) is 0.169. The van der Waals surface area contributed by atoms with Gasteiger partial charge in [-0.05, 0) is 36.6 Å². The van der Waals surface area contributed by atoms with Crippen LogP contribution in [0.5, 0.6) is 0 Å². The molecule has 5 nitrogen and oxygen atoms in total. The Morgan fingerprint density at radius 3 is 2.46 bits per heavy atom. The van der Waals surface area contributed by atoms with Crippen LogP contribution in [0.15, 0.2) is 52.9 Å². The number of anilines is 1. The van der Waals surface area contributed by atoms with Crippen molar-refractivity contribution in [3.8, 4) is 11.5 Å². The molecule has 1 amide bonds. The van der Waals surface area contributed by atoms with Crippen LogP contribution in [0.2, 0.25) is 0 Å². The average molecular weight is 321 g/mol. The molecule has 1 aromatic heterocycles. The first-order chi connectivity index (χ1) is 11.5. The van der Waals surface area contributed by atoms with E-state index in [0.717, 1.165) is 22.4 Å². The van der Waals surface area contributed by atoms with Gasteiger partial charge in [-0.3, -0.25) is 4.79 Å². The SMILES string of the molecule is Cc1ccc(-c2nnc(C(=O)Nc3ccccc3C(C)C)o2)cc1. The molecule has 122 valence electrons. The molecule has 0 spiro atoms. The lowest BCUT2D eigenvalue weighted by Crippen LogP contribution is -2.14. The third-order valence-electron chi connectivity index (χ3n) is 3.75. The second-order valence-electron chi connectivity index (χ2n) is 5.97. The quantitative estimate of drug-likeness (QED) is 0.772. The lowest BCUT2D eigenvalue weighted by molar-refractivity contribution is 0.0990. The van der Waals surface area contributed by atoms with Gasteiger partial charge in [-0.15, -0.1) is 10.2 Å². The zero-order chi connectivity index (χ0) is 17.1. The molecule has 0 bridgehead atoms. The van der Waals surface area contributed by atoms with Crippen LogP contribution in [0.3, 0.4) is 0 Å². The Hall–Kier alpha value is -2.95. The van der Waals surface area contributed by atoms with Crippen molar-refractivity contribution >= 4 is 11.6 Å². The first-order valence-electron chi connectivity index (χ1n) is 7.85. The minimum absolute atomic E-state index is 0.0517. The van der Waals surface area contributed by atoms with E-state index in [9.17, 15) is 4.79 Å². The van der Waals surface area contributed by atoms with E-state index in [0.29, 0.717) is 11.8 Å². The fourth-order valence-corrected chi connectivity index (χ4v) is 2.42. The summed E-state index contributed by atoms with van der Waals surface area (Å²) in [7, 11) is 0. The summed E-state index contributed by atoms with van der Waals surface area (Å²) in [6.45, 7) is 6.16. The van der Waals surface area contributed by atoms with Gasteiger partial charge in [0, 0.05) is 11.3 Å². The molecule has 0 unspecified atom stereocenters. The summed E-state index contributed by atoms with van der Waals surface area (Å²) < 4.78 is 5.51. The maximum absolute atomic E-state index is 12.4. The number of hydrogen-bond donors (Lipinski definition) is 1. The average Bonchev–Trinajstić information content (AvgIpc) is 3.06. The lowest BCUT2D eigenvalue weighted by atomic mass is 10.0. The minimum Gasteiger partial charge on any atom is -0.412 e. The molecule has 0 aliphatic carbocycles. The van der Waals surface area contributed by atoms with E-state index >= 15 is 0 Å². The van der Waals surface area contributed by atoms with Crippen LogP contribution in [0, 0.1) is 6.92 Å². The van der Waals surface area contributed by atoms with Gasteiger partial charge in [0.1, 0.15) is 0 Å². The van der Waals surface area contributed by atoms with Gasteiger partial charge >= 0.3 is 11.8 Å². The largest absolute Gasteiger partial charge is 0.412 e. The molecule has 3 aromatic rings. The van der Waals surface area contributed by atoms with Gasteiger partial charge in [0.2, 0.25) is 5.89 Å². The van der Waals surface area contributed by atoms with E-state index in [2.05, 4.69) is 29.4 Å². The van der Waals surface area contributed by atoms with Crippen molar-refractivity contribution in [2.75, 3.05) is 5.32 Å². The number of amides is 1. The van der Waals surface area contributed by atoms with Gasteiger partial charge in [0.05, 0.1) is 0 Å². The Morgan fingerprint density at radius 1 is 1.04 bits per heavy atom. The van der Waals surface area contributed by atoms with Crippen LogP contribution < -0.4 is 5.32 Å². The van der Waals surface area contributed by atoms with Crippen molar-refractivity contribution in [1.82, 2.24) is 10.2 Å². The Morgan fingerprint density at radius 2 is 1.75 bits per heavy atom. The predicted molar refractivity (Wildman–Crippen MR) is 93.0 cm³/mol. The van der Waals surface area contributed by atoms with E-state index in [1.54, 1.807) is 0 Å². The number of carbonyl (C=O) groups is 1. The molecule has 1 heterocycles. The summed E-state index contributed by atoms with van der Waals surface area (Å²) in [5, 5.41) is 10.7. The van der Waals surface area contributed by atoms with Crippen molar-refractivity contribution in [3.63, 3.8) is 0 Å². The topological polar surface area (TPSA) is 68.0 Å². The van der Waals surface area contributed by atoms with Gasteiger partial charge in [0.15, 0.2) is 0 Å². The summed E-state index contributed by atoms with van der Waals surface area (Å²) in [6.07, 6.45) is 0. The third-order valence-corrected chi connectivity index (χ3v) is 3.75. The van der Waals surface area contributed by atoms with Crippen molar-refractivity contribution < 1.29 is 9.21 Å². The van der Waals surface area contributed by atoms with Crippen molar-refractivity contribution in [3.05, 3.63) is 65.5 Å². The Kier molecular flexibility index (Phi) is 4.42. The molecular formula is C19H19N3O2. The van der Waals surface area contributed by atoms with Crippen LogP contribution >= 0.6 is 0 Å². The third kappa shape index (κ3) is 3.35. The molecule has 2 aromatic carbocycles.